The molecule has 0 aromatic carbocycles. The number of carbonyl (C=O) groups excluding carboxylic acids is 1. The second-order valence-corrected chi connectivity index (χ2v) is 4.53. The van der Waals surface area contributed by atoms with Gasteiger partial charge >= 0.3 is 5.82 Å². The minimum Gasteiger partial charge on any atom is -0.388 e. The summed E-state index contributed by atoms with van der Waals surface area (Å²) in [6, 6.07) is 2.56. The van der Waals surface area contributed by atoms with E-state index in [0.29, 0.717) is 26.1 Å². The zero-order chi connectivity index (χ0) is 13.9. The molecule has 0 unspecified atom stereocenters. The van der Waals surface area contributed by atoms with Crippen LogP contribution in [0.3, 0.4) is 0 Å². The third kappa shape index (κ3) is 3.30. The van der Waals surface area contributed by atoms with Gasteiger partial charge in [0.1, 0.15) is 0 Å². The minimum atomic E-state index is -0.966. The van der Waals surface area contributed by atoms with Crippen LogP contribution in [-0.2, 0) is 4.74 Å². The van der Waals surface area contributed by atoms with Crippen LogP contribution in [0.2, 0.25) is 0 Å². The monoisotopic (exact) mass is 269 g/mol. The molecule has 0 bridgehead atoms. The van der Waals surface area contributed by atoms with E-state index in [-0.39, 0.29) is 18.1 Å². The van der Waals surface area contributed by atoms with E-state index in [4.69, 9.17) is 4.74 Å². The molecule has 1 aromatic rings. The molecule has 3 N–H and O–H groups in total. The lowest BCUT2D eigenvalue weighted by atomic mass is 9.94. The summed E-state index contributed by atoms with van der Waals surface area (Å²) < 4.78 is 5.13. The number of nitrogens with one attached hydrogen (secondary N) is 2. The van der Waals surface area contributed by atoms with Crippen LogP contribution >= 0.6 is 0 Å². The topological polar surface area (TPSA) is 117 Å². The highest BCUT2D eigenvalue weighted by molar-refractivity contribution is 5.92. The zero-order valence-corrected chi connectivity index (χ0v) is 10.2. The average Bonchev–Trinajstić information content (AvgIpc) is 2.87. The maximum Gasteiger partial charge on any atom is 0.321 e. The number of amides is 1. The Labute approximate surface area is 108 Å². The Bertz CT molecular complexity index is 478. The Morgan fingerprint density at radius 3 is 2.79 bits per heavy atom. The van der Waals surface area contributed by atoms with E-state index < -0.39 is 16.4 Å². The van der Waals surface area contributed by atoms with Crippen molar-refractivity contribution in [2.24, 2.45) is 0 Å². The van der Waals surface area contributed by atoms with Gasteiger partial charge in [0, 0.05) is 38.7 Å². The highest BCUT2D eigenvalue weighted by Crippen LogP contribution is 2.19. The van der Waals surface area contributed by atoms with Gasteiger partial charge in [-0.2, -0.15) is 0 Å². The van der Waals surface area contributed by atoms with Crippen molar-refractivity contribution < 1.29 is 19.6 Å². The molecule has 104 valence electrons. The van der Waals surface area contributed by atoms with E-state index >= 15 is 0 Å². The molecule has 0 radical (unpaired) electrons. The predicted molar refractivity (Wildman–Crippen MR) is 64.8 cm³/mol. The van der Waals surface area contributed by atoms with Crippen molar-refractivity contribution in [1.82, 2.24) is 10.3 Å². The van der Waals surface area contributed by atoms with Crippen LogP contribution in [0.4, 0.5) is 5.82 Å². The Morgan fingerprint density at radius 1 is 1.53 bits per heavy atom. The summed E-state index contributed by atoms with van der Waals surface area (Å²) in [4.78, 5) is 24.0. The highest BCUT2D eigenvalue weighted by atomic mass is 16.6. The first-order chi connectivity index (χ1) is 9.00. The summed E-state index contributed by atoms with van der Waals surface area (Å²) in [6.07, 6.45) is 0.913. The van der Waals surface area contributed by atoms with E-state index in [1.807, 2.05) is 0 Å². The standard InChI is InChI=1S/C11H15N3O5/c15-10(8-1-2-9(13-8)14(17)18)12-7-11(16)3-5-19-6-4-11/h1-2,13,16H,3-7H2,(H,12,15). The van der Waals surface area contributed by atoms with Gasteiger partial charge in [-0.15, -0.1) is 0 Å². The summed E-state index contributed by atoms with van der Waals surface area (Å²) >= 11 is 0. The van der Waals surface area contributed by atoms with Crippen molar-refractivity contribution in [3.05, 3.63) is 27.9 Å². The van der Waals surface area contributed by atoms with Crippen molar-refractivity contribution in [3.63, 3.8) is 0 Å². The molecule has 1 fully saturated rings. The fourth-order valence-corrected chi connectivity index (χ4v) is 1.89. The van der Waals surface area contributed by atoms with Gasteiger partial charge < -0.3 is 25.3 Å². The van der Waals surface area contributed by atoms with Gasteiger partial charge in [0.05, 0.1) is 5.60 Å². The summed E-state index contributed by atoms with van der Waals surface area (Å²) in [5.74, 6) is -0.719. The lowest BCUT2D eigenvalue weighted by molar-refractivity contribution is -0.389. The van der Waals surface area contributed by atoms with Crippen LogP contribution in [0.25, 0.3) is 0 Å². The molecule has 1 amide bonds. The van der Waals surface area contributed by atoms with Crippen molar-refractivity contribution in [2.45, 2.75) is 18.4 Å². The number of rotatable bonds is 4. The smallest absolute Gasteiger partial charge is 0.321 e. The zero-order valence-electron chi connectivity index (χ0n) is 10.2. The molecule has 1 aliphatic heterocycles. The van der Waals surface area contributed by atoms with Crippen LogP contribution in [0, 0.1) is 10.1 Å². The number of nitrogens with zero attached hydrogens (tertiary/aromatic N) is 1. The van der Waals surface area contributed by atoms with Crippen LogP contribution in [0.5, 0.6) is 0 Å². The number of aromatic amines is 1. The minimum absolute atomic E-state index is 0.0992. The first-order valence-corrected chi connectivity index (χ1v) is 5.92. The number of H-pyrrole nitrogens is 1. The predicted octanol–water partition coefficient (Wildman–Crippen LogP) is 0.194. The average molecular weight is 269 g/mol. The van der Waals surface area contributed by atoms with Gasteiger partial charge in [0.25, 0.3) is 5.91 Å². The second kappa shape index (κ2) is 5.37. The SMILES string of the molecule is O=C(NCC1(O)CCOCC1)c1ccc([N+](=O)[O-])[nH]1. The van der Waals surface area contributed by atoms with E-state index in [0.717, 1.165) is 0 Å². The maximum atomic E-state index is 11.8. The molecule has 0 spiro atoms. The van der Waals surface area contributed by atoms with Gasteiger partial charge in [-0.3, -0.25) is 4.79 Å². The van der Waals surface area contributed by atoms with Crippen molar-refractivity contribution in [2.75, 3.05) is 19.8 Å². The van der Waals surface area contributed by atoms with Crippen LogP contribution < -0.4 is 5.32 Å². The maximum absolute atomic E-state index is 11.8. The summed E-state index contributed by atoms with van der Waals surface area (Å²) in [5.41, 5.74) is -0.866. The quantitative estimate of drug-likeness (QED) is 0.533. The fourth-order valence-electron chi connectivity index (χ4n) is 1.89. The summed E-state index contributed by atoms with van der Waals surface area (Å²) in [7, 11) is 0. The molecule has 0 aliphatic carbocycles. The first-order valence-electron chi connectivity index (χ1n) is 5.92. The molecule has 2 heterocycles. The van der Waals surface area contributed by atoms with Crippen molar-refractivity contribution >= 4 is 11.7 Å². The summed E-state index contributed by atoms with van der Waals surface area (Å²) in [6.45, 7) is 1.02. The van der Waals surface area contributed by atoms with E-state index in [2.05, 4.69) is 10.3 Å². The molecule has 1 aliphatic rings. The van der Waals surface area contributed by atoms with E-state index in [9.17, 15) is 20.0 Å². The number of hydrogen-bond donors (Lipinski definition) is 3. The highest BCUT2D eigenvalue weighted by Gasteiger charge is 2.30. The molecule has 0 saturated carbocycles. The van der Waals surface area contributed by atoms with Crippen LogP contribution in [0.1, 0.15) is 23.3 Å². The van der Waals surface area contributed by atoms with Crippen molar-refractivity contribution in [1.29, 1.82) is 0 Å². The molecular formula is C11H15N3O5. The Kier molecular flexibility index (Phi) is 3.82. The lowest BCUT2D eigenvalue weighted by Crippen LogP contribution is -2.46. The summed E-state index contributed by atoms with van der Waals surface area (Å²) in [5, 5.41) is 23.2. The second-order valence-electron chi connectivity index (χ2n) is 4.53. The van der Waals surface area contributed by atoms with Gasteiger partial charge in [0.2, 0.25) is 0 Å². The number of ether oxygens (including phenoxy) is 1. The van der Waals surface area contributed by atoms with E-state index in [1.54, 1.807) is 0 Å². The molecule has 8 heteroatoms. The van der Waals surface area contributed by atoms with Crippen LogP contribution in [0.15, 0.2) is 12.1 Å². The molecule has 19 heavy (non-hydrogen) atoms. The largest absolute Gasteiger partial charge is 0.388 e. The third-order valence-electron chi connectivity index (χ3n) is 3.11. The van der Waals surface area contributed by atoms with E-state index in [1.165, 1.54) is 12.1 Å². The van der Waals surface area contributed by atoms with Gasteiger partial charge in [-0.1, -0.05) is 0 Å². The number of aromatic nitrogens is 1. The van der Waals surface area contributed by atoms with Crippen molar-refractivity contribution in [3.8, 4) is 0 Å². The fraction of sp³-hybridized carbons (Fsp3) is 0.545. The Balaban J connectivity index is 1.91. The van der Waals surface area contributed by atoms with Gasteiger partial charge in [-0.05, 0) is 11.0 Å². The number of aliphatic hydroxyl groups is 1. The number of carbonyl (C=O) groups is 1. The molecule has 0 atom stereocenters. The van der Waals surface area contributed by atoms with Gasteiger partial charge in [0.15, 0.2) is 5.69 Å². The van der Waals surface area contributed by atoms with Crippen LogP contribution in [-0.4, -0.2) is 46.3 Å². The lowest BCUT2D eigenvalue weighted by Gasteiger charge is -2.31. The number of hydrogen-bond acceptors (Lipinski definition) is 5. The Hall–Kier alpha value is -1.93. The molecular weight excluding hydrogens is 254 g/mol. The first kappa shape index (κ1) is 13.5. The molecule has 2 rings (SSSR count). The normalized spacial score (nSPS) is 17.9. The molecule has 1 saturated heterocycles. The number of nitro groups is 1. The third-order valence-corrected chi connectivity index (χ3v) is 3.11. The Morgan fingerprint density at radius 2 is 2.21 bits per heavy atom. The molecule has 8 nitrogen and oxygen atoms in total. The van der Waals surface area contributed by atoms with Gasteiger partial charge in [-0.25, -0.2) is 4.98 Å². The molecule has 1 aromatic heterocycles.